The number of aryl methyl sites for hydroxylation is 1. The number of benzene rings is 1. The number of nitrogens with zero attached hydrogens (tertiary/aromatic N) is 2. The highest BCUT2D eigenvalue weighted by Crippen LogP contribution is 2.37. The molecule has 0 spiro atoms. The Morgan fingerprint density at radius 3 is 2.88 bits per heavy atom. The summed E-state index contributed by atoms with van der Waals surface area (Å²) >= 11 is 2.94. The van der Waals surface area contributed by atoms with Gasteiger partial charge in [0.2, 0.25) is 5.91 Å². The van der Waals surface area contributed by atoms with E-state index in [4.69, 9.17) is 9.72 Å². The minimum Gasteiger partial charge on any atom is -0.497 e. The van der Waals surface area contributed by atoms with Gasteiger partial charge in [-0.15, -0.1) is 17.9 Å². The number of amides is 1. The van der Waals surface area contributed by atoms with Crippen molar-refractivity contribution in [3.63, 3.8) is 0 Å². The first-order chi connectivity index (χ1) is 15.9. The molecule has 1 aromatic carbocycles. The molecule has 174 valence electrons. The Kier molecular flexibility index (Phi) is 7.24. The zero-order valence-electron chi connectivity index (χ0n) is 19.2. The molecular weight excluding hydrogens is 454 g/mol. The molecule has 1 N–H and O–H groups in total. The molecule has 0 aliphatic heterocycles. The number of nitrogens with one attached hydrogen (secondary N) is 1. The summed E-state index contributed by atoms with van der Waals surface area (Å²) in [5.41, 5.74) is 2.13. The predicted octanol–water partition coefficient (Wildman–Crippen LogP) is 4.57. The fourth-order valence-corrected chi connectivity index (χ4v) is 6.44. The van der Waals surface area contributed by atoms with E-state index in [1.54, 1.807) is 29.1 Å². The van der Waals surface area contributed by atoms with Crippen LogP contribution in [0.25, 0.3) is 10.2 Å². The normalized spacial score (nSPS) is 16.3. The molecule has 0 radical (unpaired) electrons. The first kappa shape index (κ1) is 23.6. The minimum absolute atomic E-state index is 0.0275. The second-order valence-corrected chi connectivity index (χ2v) is 10.8. The van der Waals surface area contributed by atoms with E-state index in [1.807, 2.05) is 31.2 Å². The van der Waals surface area contributed by atoms with E-state index in [0.717, 1.165) is 40.8 Å². The van der Waals surface area contributed by atoms with E-state index >= 15 is 0 Å². The topological polar surface area (TPSA) is 73.2 Å². The van der Waals surface area contributed by atoms with Crippen molar-refractivity contribution in [2.24, 2.45) is 5.92 Å². The Morgan fingerprint density at radius 2 is 2.18 bits per heavy atom. The smallest absolute Gasteiger partial charge is 0.263 e. The molecule has 0 bridgehead atoms. The summed E-state index contributed by atoms with van der Waals surface area (Å²) in [6.07, 6.45) is 4.73. The number of carbonyl (C=O) groups is 1. The zero-order chi connectivity index (χ0) is 23.5. The van der Waals surface area contributed by atoms with E-state index < -0.39 is 5.25 Å². The van der Waals surface area contributed by atoms with Crippen LogP contribution in [0, 0.1) is 5.92 Å². The highest BCUT2D eigenvalue weighted by Gasteiger charge is 2.26. The molecule has 1 amide bonds. The van der Waals surface area contributed by atoms with Gasteiger partial charge in [-0.25, -0.2) is 4.98 Å². The third kappa shape index (κ3) is 5.01. The number of aromatic nitrogens is 2. The quantitative estimate of drug-likeness (QED) is 0.289. The third-order valence-corrected chi connectivity index (χ3v) is 8.21. The number of ether oxygens (including phenoxy) is 1. The van der Waals surface area contributed by atoms with Crippen molar-refractivity contribution in [2.75, 3.05) is 7.11 Å². The van der Waals surface area contributed by atoms with Gasteiger partial charge in [0, 0.05) is 18.0 Å². The Bertz CT molecular complexity index is 1230. The highest BCUT2D eigenvalue weighted by atomic mass is 32.2. The maximum absolute atomic E-state index is 13.4. The van der Waals surface area contributed by atoms with Gasteiger partial charge < -0.3 is 10.1 Å². The lowest BCUT2D eigenvalue weighted by molar-refractivity contribution is -0.120. The Hall–Kier alpha value is -2.58. The number of hydrogen-bond acceptors (Lipinski definition) is 6. The van der Waals surface area contributed by atoms with Crippen LogP contribution in [-0.4, -0.2) is 27.8 Å². The van der Waals surface area contributed by atoms with E-state index in [9.17, 15) is 9.59 Å². The van der Waals surface area contributed by atoms with Gasteiger partial charge in [0.25, 0.3) is 5.56 Å². The molecule has 0 fully saturated rings. The van der Waals surface area contributed by atoms with Gasteiger partial charge in [0.05, 0.1) is 17.7 Å². The van der Waals surface area contributed by atoms with E-state index in [1.165, 1.54) is 22.2 Å². The average molecular weight is 484 g/mol. The molecule has 33 heavy (non-hydrogen) atoms. The number of hydrogen-bond donors (Lipinski definition) is 1. The lowest BCUT2D eigenvalue weighted by Crippen LogP contribution is -2.31. The van der Waals surface area contributed by atoms with Crippen LogP contribution >= 0.6 is 23.1 Å². The molecule has 1 aliphatic carbocycles. The van der Waals surface area contributed by atoms with Crippen LogP contribution in [-0.2, 0) is 30.7 Å². The van der Waals surface area contributed by atoms with Crippen molar-refractivity contribution >= 4 is 39.2 Å². The number of allylic oxidation sites excluding steroid dienone is 1. The van der Waals surface area contributed by atoms with E-state index in [2.05, 4.69) is 18.8 Å². The van der Waals surface area contributed by atoms with Crippen molar-refractivity contribution in [3.8, 4) is 5.75 Å². The van der Waals surface area contributed by atoms with E-state index in [0.29, 0.717) is 24.2 Å². The lowest BCUT2D eigenvalue weighted by atomic mass is 9.89. The molecule has 2 unspecified atom stereocenters. The van der Waals surface area contributed by atoms with Crippen LogP contribution in [0.2, 0.25) is 0 Å². The molecule has 2 aromatic heterocycles. The number of rotatable bonds is 8. The van der Waals surface area contributed by atoms with Gasteiger partial charge in [-0.3, -0.25) is 14.2 Å². The number of carbonyl (C=O) groups excluding carboxylic acids is 1. The minimum atomic E-state index is -0.404. The van der Waals surface area contributed by atoms with Gasteiger partial charge in [-0.1, -0.05) is 36.9 Å². The molecule has 1 aliphatic rings. The molecule has 8 heteroatoms. The van der Waals surface area contributed by atoms with Gasteiger partial charge in [-0.2, -0.15) is 0 Å². The summed E-state index contributed by atoms with van der Waals surface area (Å²) in [5.74, 6) is 1.30. The average Bonchev–Trinajstić information content (AvgIpc) is 3.17. The predicted molar refractivity (Wildman–Crippen MR) is 135 cm³/mol. The van der Waals surface area contributed by atoms with Crippen LogP contribution in [0.3, 0.4) is 0 Å². The maximum atomic E-state index is 13.4. The van der Waals surface area contributed by atoms with Crippen LogP contribution in [0.5, 0.6) is 5.75 Å². The Morgan fingerprint density at radius 1 is 1.42 bits per heavy atom. The van der Waals surface area contributed by atoms with Gasteiger partial charge in [0.1, 0.15) is 10.6 Å². The van der Waals surface area contributed by atoms with Crippen LogP contribution < -0.4 is 15.6 Å². The van der Waals surface area contributed by atoms with Crippen molar-refractivity contribution in [3.05, 3.63) is 63.3 Å². The first-order valence-corrected chi connectivity index (χ1v) is 12.8. The van der Waals surface area contributed by atoms with Crippen molar-refractivity contribution in [2.45, 2.75) is 56.6 Å². The number of thioether (sulfide) groups is 1. The lowest BCUT2D eigenvalue weighted by Gasteiger charge is -2.18. The largest absolute Gasteiger partial charge is 0.497 e. The SMILES string of the molecule is C=CCn1c(SC(C)C(=O)NCc2ccc(OC)cc2)nc2sc3c(c2c1=O)CCC(C)C3. The van der Waals surface area contributed by atoms with Crippen LogP contribution in [0.4, 0.5) is 0 Å². The first-order valence-electron chi connectivity index (χ1n) is 11.1. The Balaban J connectivity index is 1.55. The van der Waals surface area contributed by atoms with Gasteiger partial charge in [0.15, 0.2) is 5.16 Å². The fraction of sp³-hybridized carbons (Fsp3) is 0.400. The summed E-state index contributed by atoms with van der Waals surface area (Å²) in [5, 5.41) is 3.88. The molecule has 2 atom stereocenters. The zero-order valence-corrected chi connectivity index (χ0v) is 20.9. The summed E-state index contributed by atoms with van der Waals surface area (Å²) in [4.78, 5) is 33.1. The molecule has 0 saturated carbocycles. The number of thiophene rings is 1. The molecule has 0 saturated heterocycles. The molecular formula is C25H29N3O3S2. The van der Waals surface area contributed by atoms with Crippen molar-refractivity contribution in [1.82, 2.24) is 14.9 Å². The summed E-state index contributed by atoms with van der Waals surface area (Å²) in [7, 11) is 1.62. The maximum Gasteiger partial charge on any atom is 0.263 e. The second-order valence-electron chi connectivity index (χ2n) is 8.46. The summed E-state index contributed by atoms with van der Waals surface area (Å²) in [6, 6.07) is 7.59. The molecule has 6 nitrogen and oxygen atoms in total. The number of methoxy groups -OCH3 is 1. The summed E-state index contributed by atoms with van der Waals surface area (Å²) < 4.78 is 6.82. The van der Waals surface area contributed by atoms with Gasteiger partial charge >= 0.3 is 0 Å². The van der Waals surface area contributed by atoms with Crippen LogP contribution in [0.1, 0.15) is 36.3 Å². The van der Waals surface area contributed by atoms with Crippen molar-refractivity contribution in [1.29, 1.82) is 0 Å². The third-order valence-electron chi connectivity index (χ3n) is 5.97. The molecule has 3 aromatic rings. The highest BCUT2D eigenvalue weighted by molar-refractivity contribution is 8.00. The summed E-state index contributed by atoms with van der Waals surface area (Å²) in [6.45, 7) is 8.69. The molecule has 2 heterocycles. The molecule has 4 rings (SSSR count). The monoisotopic (exact) mass is 483 g/mol. The fourth-order valence-electron chi connectivity index (χ4n) is 4.07. The Labute approximate surface area is 202 Å². The standard InChI is InChI=1S/C25H29N3O3S2/c1-5-12-28-24(30)21-19-11-6-15(2)13-20(19)33-23(21)27-25(28)32-16(3)22(29)26-14-17-7-9-18(31-4)10-8-17/h5,7-10,15-16H,1,6,11-14H2,2-4H3,(H,26,29). The van der Waals surface area contributed by atoms with Crippen molar-refractivity contribution < 1.29 is 9.53 Å². The van der Waals surface area contributed by atoms with E-state index in [-0.39, 0.29) is 11.5 Å². The second kappa shape index (κ2) is 10.1. The van der Waals surface area contributed by atoms with Gasteiger partial charge in [-0.05, 0) is 55.4 Å². The van der Waals surface area contributed by atoms with Crippen LogP contribution in [0.15, 0.2) is 46.9 Å². The number of fused-ring (bicyclic) bond motifs is 3.